The summed E-state index contributed by atoms with van der Waals surface area (Å²) in [5, 5.41) is 2.38. The normalized spacial score (nSPS) is 10.9. The van der Waals surface area contributed by atoms with Crippen molar-refractivity contribution < 1.29 is 4.84 Å². The molecule has 0 aliphatic rings. The van der Waals surface area contributed by atoms with Gasteiger partial charge in [0, 0.05) is 5.39 Å². The molecule has 2 nitrogen and oxygen atoms in total. The third-order valence-corrected chi connectivity index (χ3v) is 3.88. The molecule has 0 saturated carbocycles. The van der Waals surface area contributed by atoms with Crippen molar-refractivity contribution in [3.05, 3.63) is 42.0 Å². The molecule has 2 aromatic carbocycles. The lowest BCUT2D eigenvalue weighted by Crippen LogP contribution is -2.03. The lowest BCUT2D eigenvalue weighted by Gasteiger charge is -2.10. The van der Waals surface area contributed by atoms with Crippen molar-refractivity contribution in [3.63, 3.8) is 0 Å². The second-order valence-electron chi connectivity index (χ2n) is 5.41. The highest BCUT2D eigenvalue weighted by Gasteiger charge is 2.06. The van der Waals surface area contributed by atoms with E-state index < -0.39 is 0 Å². The maximum atomic E-state index is 5.39. The zero-order valence-corrected chi connectivity index (χ0v) is 12.4. The van der Waals surface area contributed by atoms with Gasteiger partial charge in [-0.3, -0.25) is 0 Å². The fraction of sp³-hybridized carbons (Fsp3) is 0.444. The van der Waals surface area contributed by atoms with E-state index in [1.165, 1.54) is 54.9 Å². The number of rotatable bonds is 8. The fourth-order valence-electron chi connectivity index (χ4n) is 2.78. The minimum absolute atomic E-state index is 0.782. The van der Waals surface area contributed by atoms with Crippen molar-refractivity contribution in [1.82, 2.24) is 0 Å². The molecule has 0 aliphatic heterocycles. The zero-order chi connectivity index (χ0) is 14.2. The number of hydrogen-bond acceptors (Lipinski definition) is 2. The molecule has 2 heteroatoms. The predicted octanol–water partition coefficient (Wildman–Crippen LogP) is 5.00. The Morgan fingerprint density at radius 2 is 1.60 bits per heavy atom. The van der Waals surface area contributed by atoms with Gasteiger partial charge in [0.1, 0.15) is 0 Å². The number of aryl methyl sites for hydroxylation is 1. The van der Waals surface area contributed by atoms with E-state index in [-0.39, 0.29) is 0 Å². The van der Waals surface area contributed by atoms with Crippen LogP contribution in [0.1, 0.15) is 51.0 Å². The highest BCUT2D eigenvalue weighted by molar-refractivity contribution is 5.91. The predicted molar refractivity (Wildman–Crippen MR) is 85.8 cm³/mol. The van der Waals surface area contributed by atoms with Crippen LogP contribution in [0.2, 0.25) is 0 Å². The van der Waals surface area contributed by atoms with E-state index in [4.69, 9.17) is 10.7 Å². The van der Waals surface area contributed by atoms with Crippen LogP contribution in [0, 0.1) is 0 Å². The lowest BCUT2D eigenvalue weighted by molar-refractivity contribution is 0.338. The van der Waals surface area contributed by atoms with Gasteiger partial charge in [-0.2, -0.15) is 5.90 Å². The average Bonchev–Trinajstić information content (AvgIpc) is 2.50. The van der Waals surface area contributed by atoms with Crippen LogP contribution in [-0.2, 0) is 6.42 Å². The van der Waals surface area contributed by atoms with E-state index in [0.29, 0.717) is 0 Å². The topological polar surface area (TPSA) is 35.2 Å². The van der Waals surface area contributed by atoms with E-state index in [2.05, 4.69) is 31.2 Å². The Kier molecular flexibility index (Phi) is 5.87. The molecule has 2 rings (SSSR count). The summed E-state index contributed by atoms with van der Waals surface area (Å²) in [6.45, 7) is 2.25. The van der Waals surface area contributed by atoms with Crippen LogP contribution in [0.25, 0.3) is 10.8 Å². The molecule has 2 aromatic rings. The van der Waals surface area contributed by atoms with Crippen molar-refractivity contribution in [3.8, 4) is 5.75 Å². The SMILES string of the molecule is CCCCCCCCc1cccc2cccc(ON)c12. The molecular weight excluding hydrogens is 246 g/mol. The number of fused-ring (bicyclic) bond motifs is 1. The highest BCUT2D eigenvalue weighted by atomic mass is 16.6. The molecule has 0 bridgehead atoms. The number of nitrogens with two attached hydrogens (primary N) is 1. The third kappa shape index (κ3) is 3.73. The number of benzene rings is 2. The zero-order valence-electron chi connectivity index (χ0n) is 12.4. The van der Waals surface area contributed by atoms with Gasteiger partial charge in [-0.1, -0.05) is 69.4 Å². The molecule has 0 radical (unpaired) electrons. The summed E-state index contributed by atoms with van der Waals surface area (Å²) in [7, 11) is 0. The van der Waals surface area contributed by atoms with Crippen molar-refractivity contribution in [1.29, 1.82) is 0 Å². The quantitative estimate of drug-likeness (QED) is 0.542. The largest absolute Gasteiger partial charge is 0.411 e. The molecule has 0 fully saturated rings. The van der Waals surface area contributed by atoms with Crippen LogP contribution in [-0.4, -0.2) is 0 Å². The van der Waals surface area contributed by atoms with Crippen LogP contribution in [0.3, 0.4) is 0 Å². The minimum atomic E-state index is 0.782. The van der Waals surface area contributed by atoms with Gasteiger partial charge < -0.3 is 4.84 Å². The average molecular weight is 271 g/mol. The second kappa shape index (κ2) is 7.91. The summed E-state index contributed by atoms with van der Waals surface area (Å²) >= 11 is 0. The van der Waals surface area contributed by atoms with Gasteiger partial charge in [-0.25, -0.2) is 0 Å². The Morgan fingerprint density at radius 1 is 0.900 bits per heavy atom. The van der Waals surface area contributed by atoms with Crippen molar-refractivity contribution in [2.24, 2.45) is 5.90 Å². The Balaban J connectivity index is 2.02. The van der Waals surface area contributed by atoms with Gasteiger partial charge in [0.15, 0.2) is 5.75 Å². The maximum Gasteiger partial charge on any atom is 0.154 e. The Labute approximate surface area is 121 Å². The van der Waals surface area contributed by atoms with Crippen molar-refractivity contribution >= 4 is 10.8 Å². The summed E-state index contributed by atoms with van der Waals surface area (Å²) in [6.07, 6.45) is 9.02. The first-order chi connectivity index (χ1) is 9.86. The first-order valence-electron chi connectivity index (χ1n) is 7.74. The number of unbranched alkanes of at least 4 members (excludes halogenated alkanes) is 5. The molecule has 2 N–H and O–H groups in total. The fourth-order valence-corrected chi connectivity index (χ4v) is 2.78. The van der Waals surface area contributed by atoms with Gasteiger partial charge in [0.25, 0.3) is 0 Å². The lowest BCUT2D eigenvalue weighted by atomic mass is 9.98. The molecule has 0 heterocycles. The molecule has 0 atom stereocenters. The van der Waals surface area contributed by atoms with Crippen LogP contribution >= 0.6 is 0 Å². The summed E-state index contributed by atoms with van der Waals surface area (Å²) in [5.41, 5.74) is 1.35. The molecule has 0 aromatic heterocycles. The molecule has 108 valence electrons. The van der Waals surface area contributed by atoms with Crippen molar-refractivity contribution in [2.75, 3.05) is 0 Å². The summed E-state index contributed by atoms with van der Waals surface area (Å²) in [4.78, 5) is 5.03. The van der Waals surface area contributed by atoms with Crippen LogP contribution in [0.15, 0.2) is 36.4 Å². The van der Waals surface area contributed by atoms with Crippen molar-refractivity contribution in [2.45, 2.75) is 51.9 Å². The van der Waals surface area contributed by atoms with E-state index >= 15 is 0 Å². The third-order valence-electron chi connectivity index (χ3n) is 3.88. The van der Waals surface area contributed by atoms with Gasteiger partial charge in [0.2, 0.25) is 0 Å². The Bertz CT molecular complexity index is 531. The Hall–Kier alpha value is -1.54. The van der Waals surface area contributed by atoms with Gasteiger partial charge in [0.05, 0.1) is 0 Å². The summed E-state index contributed by atoms with van der Waals surface area (Å²) < 4.78 is 0. The van der Waals surface area contributed by atoms with Gasteiger partial charge >= 0.3 is 0 Å². The molecule has 0 spiro atoms. The van der Waals surface area contributed by atoms with E-state index in [1.807, 2.05) is 12.1 Å². The van der Waals surface area contributed by atoms with E-state index in [1.54, 1.807) is 0 Å². The molecular formula is C18H25NO. The molecule has 0 unspecified atom stereocenters. The van der Waals surface area contributed by atoms with E-state index in [0.717, 1.165) is 12.2 Å². The molecule has 0 aliphatic carbocycles. The standard InChI is InChI=1S/C18H25NO/c1-2-3-4-5-6-7-10-15-11-8-12-16-13-9-14-17(20-19)18(15)16/h8-9,11-14H,2-7,10,19H2,1H3. The first kappa shape index (κ1) is 14.9. The first-order valence-corrected chi connectivity index (χ1v) is 7.74. The van der Waals surface area contributed by atoms with Crippen LogP contribution in [0.4, 0.5) is 0 Å². The number of hydrogen-bond donors (Lipinski definition) is 1. The second-order valence-corrected chi connectivity index (χ2v) is 5.41. The smallest absolute Gasteiger partial charge is 0.154 e. The monoisotopic (exact) mass is 271 g/mol. The van der Waals surface area contributed by atoms with E-state index in [9.17, 15) is 0 Å². The van der Waals surface area contributed by atoms with Crippen LogP contribution in [0.5, 0.6) is 5.75 Å². The molecule has 0 saturated heterocycles. The molecule has 0 amide bonds. The Morgan fingerprint density at radius 3 is 2.35 bits per heavy atom. The summed E-state index contributed by atoms with van der Waals surface area (Å²) in [6, 6.07) is 12.5. The highest BCUT2D eigenvalue weighted by Crippen LogP contribution is 2.29. The maximum absolute atomic E-state index is 5.39. The minimum Gasteiger partial charge on any atom is -0.411 e. The van der Waals surface area contributed by atoms with Gasteiger partial charge in [-0.15, -0.1) is 0 Å². The van der Waals surface area contributed by atoms with Gasteiger partial charge in [-0.05, 0) is 29.9 Å². The van der Waals surface area contributed by atoms with Crippen LogP contribution < -0.4 is 10.7 Å². The summed E-state index contributed by atoms with van der Waals surface area (Å²) in [5.74, 6) is 6.18. The molecule has 20 heavy (non-hydrogen) atoms.